The highest BCUT2D eigenvalue weighted by Crippen LogP contribution is 2.26. The van der Waals surface area contributed by atoms with Gasteiger partial charge in [0.05, 0.1) is 10.9 Å². The molecule has 1 saturated heterocycles. The van der Waals surface area contributed by atoms with Crippen LogP contribution in [0.4, 0.5) is 0 Å². The van der Waals surface area contributed by atoms with Crippen LogP contribution in [-0.2, 0) is 0 Å². The summed E-state index contributed by atoms with van der Waals surface area (Å²) in [4.78, 5) is 15.6. The first kappa shape index (κ1) is 17.2. The topological polar surface area (TPSA) is 32.3 Å². The molecule has 1 unspecified atom stereocenters. The maximum absolute atomic E-state index is 12.3. The number of rotatable bonds is 5. The Bertz CT molecular complexity index is 643. The Kier molecular flexibility index (Phi) is 5.69. The van der Waals surface area contributed by atoms with E-state index < -0.39 is 0 Å². The van der Waals surface area contributed by atoms with Gasteiger partial charge in [0.1, 0.15) is 0 Å². The van der Waals surface area contributed by atoms with Crippen LogP contribution in [0.25, 0.3) is 0 Å². The second kappa shape index (κ2) is 7.95. The summed E-state index contributed by atoms with van der Waals surface area (Å²) in [7, 11) is 0. The maximum atomic E-state index is 12.3. The number of carbonyl (C=O) groups excluding carboxylic acids is 1. The van der Waals surface area contributed by atoms with E-state index in [1.165, 1.54) is 35.3 Å². The van der Waals surface area contributed by atoms with Gasteiger partial charge in [-0.1, -0.05) is 42.8 Å². The zero-order valence-corrected chi connectivity index (χ0v) is 15.3. The van der Waals surface area contributed by atoms with Crippen LogP contribution < -0.4 is 5.32 Å². The Morgan fingerprint density at radius 2 is 1.96 bits per heavy atom. The van der Waals surface area contributed by atoms with Crippen molar-refractivity contribution in [2.24, 2.45) is 5.92 Å². The molecule has 128 valence electrons. The van der Waals surface area contributed by atoms with Crippen molar-refractivity contribution >= 4 is 17.2 Å². The average molecular weight is 343 g/mol. The number of benzene rings is 1. The van der Waals surface area contributed by atoms with Crippen molar-refractivity contribution in [3.8, 4) is 0 Å². The molecule has 4 heteroatoms. The summed E-state index contributed by atoms with van der Waals surface area (Å²) in [5, 5.41) is 5.08. The minimum atomic E-state index is 0.0347. The third kappa shape index (κ3) is 4.25. The lowest BCUT2D eigenvalue weighted by Gasteiger charge is -2.37. The molecular formula is C20H26N2OS. The predicted molar refractivity (Wildman–Crippen MR) is 101 cm³/mol. The van der Waals surface area contributed by atoms with E-state index in [0.717, 1.165) is 23.9 Å². The Balaban J connectivity index is 1.71. The lowest BCUT2D eigenvalue weighted by atomic mass is 9.95. The van der Waals surface area contributed by atoms with Gasteiger partial charge in [-0.2, -0.15) is 0 Å². The van der Waals surface area contributed by atoms with Gasteiger partial charge in [0.2, 0.25) is 0 Å². The summed E-state index contributed by atoms with van der Waals surface area (Å²) < 4.78 is 0. The molecule has 1 atom stereocenters. The number of aryl methyl sites for hydroxylation is 1. The van der Waals surface area contributed by atoms with Crippen LogP contribution in [-0.4, -0.2) is 30.4 Å². The van der Waals surface area contributed by atoms with Crippen molar-refractivity contribution in [3.63, 3.8) is 0 Å². The Labute approximate surface area is 148 Å². The van der Waals surface area contributed by atoms with E-state index in [0.29, 0.717) is 6.54 Å². The van der Waals surface area contributed by atoms with Gasteiger partial charge in [-0.3, -0.25) is 9.69 Å². The van der Waals surface area contributed by atoms with Gasteiger partial charge in [-0.05, 0) is 55.8 Å². The molecule has 3 nitrogen and oxygen atoms in total. The van der Waals surface area contributed by atoms with Crippen molar-refractivity contribution in [3.05, 3.63) is 57.8 Å². The van der Waals surface area contributed by atoms with Gasteiger partial charge in [-0.15, -0.1) is 11.3 Å². The number of thiophene rings is 1. The fourth-order valence-corrected chi connectivity index (χ4v) is 3.91. The van der Waals surface area contributed by atoms with Crippen molar-refractivity contribution in [1.82, 2.24) is 10.2 Å². The smallest absolute Gasteiger partial charge is 0.261 e. The van der Waals surface area contributed by atoms with E-state index >= 15 is 0 Å². The molecule has 0 spiro atoms. The van der Waals surface area contributed by atoms with E-state index in [1.807, 2.05) is 17.5 Å². The Morgan fingerprint density at radius 3 is 2.58 bits per heavy atom. The number of piperidine rings is 1. The quantitative estimate of drug-likeness (QED) is 0.880. The molecule has 1 aromatic heterocycles. The normalized spacial score (nSPS) is 17.6. The fraction of sp³-hybridized carbons (Fsp3) is 0.450. The second-order valence-corrected chi connectivity index (χ2v) is 7.78. The SMILES string of the molecule is Cc1ccc(C(CNC(=O)c2cccs2)N2CCC(C)CC2)cc1. The molecule has 1 aliphatic rings. The first-order chi connectivity index (χ1) is 11.6. The van der Waals surface area contributed by atoms with E-state index in [4.69, 9.17) is 0 Å². The van der Waals surface area contributed by atoms with Crippen LogP contribution in [0.2, 0.25) is 0 Å². The molecule has 1 N–H and O–H groups in total. The van der Waals surface area contributed by atoms with Crippen molar-refractivity contribution in [2.75, 3.05) is 19.6 Å². The van der Waals surface area contributed by atoms with Crippen LogP contribution in [0.5, 0.6) is 0 Å². The first-order valence-electron chi connectivity index (χ1n) is 8.76. The zero-order valence-electron chi connectivity index (χ0n) is 14.5. The third-order valence-electron chi connectivity index (χ3n) is 4.92. The van der Waals surface area contributed by atoms with Gasteiger partial charge in [0, 0.05) is 6.54 Å². The molecule has 1 fully saturated rings. The van der Waals surface area contributed by atoms with E-state index in [1.54, 1.807) is 0 Å². The number of hydrogen-bond acceptors (Lipinski definition) is 3. The standard InChI is InChI=1S/C20H26N2OS/c1-15-5-7-17(8-6-15)18(22-11-9-16(2)10-12-22)14-21-20(23)19-4-3-13-24-19/h3-8,13,16,18H,9-12,14H2,1-2H3,(H,21,23). The first-order valence-corrected chi connectivity index (χ1v) is 9.64. The van der Waals surface area contributed by atoms with E-state index in [2.05, 4.69) is 48.3 Å². The van der Waals surface area contributed by atoms with E-state index in [9.17, 15) is 4.79 Å². The van der Waals surface area contributed by atoms with Crippen molar-refractivity contribution in [2.45, 2.75) is 32.7 Å². The summed E-state index contributed by atoms with van der Waals surface area (Å²) >= 11 is 1.49. The van der Waals surface area contributed by atoms with Gasteiger partial charge in [0.25, 0.3) is 5.91 Å². The number of hydrogen-bond donors (Lipinski definition) is 1. The molecule has 2 heterocycles. The fourth-order valence-electron chi connectivity index (χ4n) is 3.27. The van der Waals surface area contributed by atoms with Gasteiger partial charge >= 0.3 is 0 Å². The highest BCUT2D eigenvalue weighted by Gasteiger charge is 2.25. The molecule has 0 bridgehead atoms. The third-order valence-corrected chi connectivity index (χ3v) is 5.79. The molecule has 0 radical (unpaired) electrons. The molecular weight excluding hydrogens is 316 g/mol. The van der Waals surface area contributed by atoms with Crippen LogP contribution in [0.1, 0.15) is 46.6 Å². The number of likely N-dealkylation sites (tertiary alicyclic amines) is 1. The molecule has 1 amide bonds. The maximum Gasteiger partial charge on any atom is 0.261 e. The Hall–Kier alpha value is -1.65. The highest BCUT2D eigenvalue weighted by molar-refractivity contribution is 7.12. The predicted octanol–water partition coefficient (Wildman–Crippen LogP) is 4.26. The summed E-state index contributed by atoms with van der Waals surface area (Å²) in [6.45, 7) is 7.31. The average Bonchev–Trinajstić information content (AvgIpc) is 3.12. The molecule has 24 heavy (non-hydrogen) atoms. The van der Waals surface area contributed by atoms with Crippen molar-refractivity contribution < 1.29 is 4.79 Å². The minimum absolute atomic E-state index is 0.0347. The number of nitrogens with one attached hydrogen (secondary N) is 1. The van der Waals surface area contributed by atoms with Gasteiger partial charge < -0.3 is 5.32 Å². The highest BCUT2D eigenvalue weighted by atomic mass is 32.1. The zero-order chi connectivity index (χ0) is 16.9. The summed E-state index contributed by atoms with van der Waals surface area (Å²) in [5.74, 6) is 0.841. The van der Waals surface area contributed by atoms with Crippen LogP contribution in [0.3, 0.4) is 0 Å². The molecule has 0 saturated carbocycles. The second-order valence-electron chi connectivity index (χ2n) is 6.83. The molecule has 3 rings (SSSR count). The largest absolute Gasteiger partial charge is 0.349 e. The van der Waals surface area contributed by atoms with Crippen molar-refractivity contribution in [1.29, 1.82) is 0 Å². The summed E-state index contributed by atoms with van der Waals surface area (Å²) in [6, 6.07) is 12.8. The van der Waals surface area contributed by atoms with Gasteiger partial charge in [-0.25, -0.2) is 0 Å². The van der Waals surface area contributed by atoms with E-state index in [-0.39, 0.29) is 11.9 Å². The number of carbonyl (C=O) groups is 1. The van der Waals surface area contributed by atoms with Crippen LogP contribution >= 0.6 is 11.3 Å². The summed E-state index contributed by atoms with van der Waals surface area (Å²) in [5.41, 5.74) is 2.56. The van der Waals surface area contributed by atoms with Gasteiger partial charge in [0.15, 0.2) is 0 Å². The van der Waals surface area contributed by atoms with Crippen LogP contribution in [0.15, 0.2) is 41.8 Å². The summed E-state index contributed by atoms with van der Waals surface area (Å²) in [6.07, 6.45) is 2.47. The number of amides is 1. The van der Waals surface area contributed by atoms with Crippen LogP contribution in [0, 0.1) is 12.8 Å². The molecule has 2 aromatic rings. The minimum Gasteiger partial charge on any atom is -0.349 e. The molecule has 1 aliphatic heterocycles. The monoisotopic (exact) mass is 342 g/mol. The number of nitrogens with zero attached hydrogens (tertiary/aromatic N) is 1. The molecule has 1 aromatic carbocycles. The lowest BCUT2D eigenvalue weighted by Crippen LogP contribution is -2.41. The molecule has 0 aliphatic carbocycles. The Morgan fingerprint density at radius 1 is 1.25 bits per heavy atom. The lowest BCUT2D eigenvalue weighted by molar-refractivity contribution is 0.0917.